The van der Waals surface area contributed by atoms with Crippen molar-refractivity contribution in [1.29, 1.82) is 0 Å². The Morgan fingerprint density at radius 2 is 0.857 bits per heavy atom. The summed E-state index contributed by atoms with van der Waals surface area (Å²) in [7, 11) is 0. The standard InChI is InChI=1S/C23H18O5/c24-21(17-7-3-1-4-8-17)18-11-13-20(14-12-18)23(26)28-16-15-27-22(25)19-9-5-2-6-10-19/h1-14H,15-16H2. The summed E-state index contributed by atoms with van der Waals surface area (Å²) in [5.74, 6) is -1.14. The third-order valence-electron chi connectivity index (χ3n) is 3.98. The molecule has 140 valence electrons. The van der Waals surface area contributed by atoms with Crippen molar-refractivity contribution < 1.29 is 23.9 Å². The van der Waals surface area contributed by atoms with Gasteiger partial charge < -0.3 is 9.47 Å². The Kier molecular flexibility index (Phi) is 6.31. The largest absolute Gasteiger partial charge is 0.458 e. The third-order valence-corrected chi connectivity index (χ3v) is 3.98. The average Bonchev–Trinajstić information content (AvgIpc) is 2.77. The molecule has 0 aliphatic rings. The maximum atomic E-state index is 12.4. The lowest BCUT2D eigenvalue weighted by atomic mass is 10.0. The van der Waals surface area contributed by atoms with Crippen molar-refractivity contribution in [3.63, 3.8) is 0 Å². The number of ether oxygens (including phenoxy) is 2. The molecule has 0 amide bonds. The molecule has 0 radical (unpaired) electrons. The van der Waals surface area contributed by atoms with Crippen LogP contribution in [0.25, 0.3) is 0 Å². The highest BCUT2D eigenvalue weighted by Crippen LogP contribution is 2.12. The SMILES string of the molecule is O=C(OCCOC(=O)c1ccc(C(=O)c2ccccc2)cc1)c1ccccc1. The highest BCUT2D eigenvalue weighted by atomic mass is 16.6. The molecule has 0 aliphatic carbocycles. The molecule has 0 saturated carbocycles. The second kappa shape index (κ2) is 9.28. The van der Waals surface area contributed by atoms with Gasteiger partial charge in [-0.1, -0.05) is 60.7 Å². The van der Waals surface area contributed by atoms with E-state index in [2.05, 4.69) is 0 Å². The lowest BCUT2D eigenvalue weighted by Crippen LogP contribution is -2.14. The highest BCUT2D eigenvalue weighted by molar-refractivity contribution is 6.09. The zero-order valence-corrected chi connectivity index (χ0v) is 15.0. The normalized spacial score (nSPS) is 10.1. The molecule has 0 heterocycles. The maximum Gasteiger partial charge on any atom is 0.338 e. The Balaban J connectivity index is 1.48. The second-order valence-electron chi connectivity index (χ2n) is 5.91. The fourth-order valence-corrected chi connectivity index (χ4v) is 2.52. The van der Waals surface area contributed by atoms with E-state index in [0.29, 0.717) is 22.3 Å². The van der Waals surface area contributed by atoms with E-state index in [0.717, 1.165) is 0 Å². The van der Waals surface area contributed by atoms with E-state index in [4.69, 9.17) is 9.47 Å². The zero-order valence-electron chi connectivity index (χ0n) is 15.0. The summed E-state index contributed by atoms with van der Waals surface area (Å²) in [6, 6.07) is 23.7. The highest BCUT2D eigenvalue weighted by Gasteiger charge is 2.12. The summed E-state index contributed by atoms with van der Waals surface area (Å²) < 4.78 is 10.2. The maximum absolute atomic E-state index is 12.4. The molecule has 0 atom stereocenters. The van der Waals surface area contributed by atoms with E-state index < -0.39 is 11.9 Å². The van der Waals surface area contributed by atoms with Gasteiger partial charge in [-0.05, 0) is 24.3 Å². The topological polar surface area (TPSA) is 69.7 Å². The predicted octanol–water partition coefficient (Wildman–Crippen LogP) is 3.93. The summed E-state index contributed by atoms with van der Waals surface area (Å²) in [4.78, 5) is 36.2. The van der Waals surface area contributed by atoms with Gasteiger partial charge in [-0.3, -0.25) is 4.79 Å². The summed E-state index contributed by atoms with van der Waals surface area (Å²) in [5.41, 5.74) is 1.82. The van der Waals surface area contributed by atoms with Crippen LogP contribution in [0.15, 0.2) is 84.9 Å². The van der Waals surface area contributed by atoms with Gasteiger partial charge >= 0.3 is 11.9 Å². The van der Waals surface area contributed by atoms with Crippen molar-refractivity contribution in [2.45, 2.75) is 0 Å². The van der Waals surface area contributed by atoms with E-state index in [9.17, 15) is 14.4 Å². The first kappa shape index (κ1) is 19.0. The Morgan fingerprint density at radius 3 is 1.36 bits per heavy atom. The van der Waals surface area contributed by atoms with Gasteiger partial charge in [-0.2, -0.15) is 0 Å². The molecule has 3 rings (SSSR count). The molecule has 0 spiro atoms. The minimum Gasteiger partial charge on any atom is -0.458 e. The number of carbonyl (C=O) groups is 3. The van der Waals surface area contributed by atoms with Crippen molar-refractivity contribution >= 4 is 17.7 Å². The fourth-order valence-electron chi connectivity index (χ4n) is 2.52. The van der Waals surface area contributed by atoms with Crippen LogP contribution in [0, 0.1) is 0 Å². The Bertz CT molecular complexity index is 947. The molecule has 0 unspecified atom stereocenters. The molecule has 0 N–H and O–H groups in total. The van der Waals surface area contributed by atoms with Crippen molar-refractivity contribution in [2.75, 3.05) is 13.2 Å². The third kappa shape index (κ3) is 4.92. The fraction of sp³-hybridized carbons (Fsp3) is 0.0870. The molecule has 5 heteroatoms. The monoisotopic (exact) mass is 374 g/mol. The van der Waals surface area contributed by atoms with Crippen LogP contribution < -0.4 is 0 Å². The summed E-state index contributed by atoms with van der Waals surface area (Å²) >= 11 is 0. The smallest absolute Gasteiger partial charge is 0.338 e. The summed E-state index contributed by atoms with van der Waals surface area (Å²) in [6.45, 7) is -0.0911. The van der Waals surface area contributed by atoms with Crippen LogP contribution in [0.3, 0.4) is 0 Å². The van der Waals surface area contributed by atoms with Crippen LogP contribution in [-0.2, 0) is 9.47 Å². The van der Waals surface area contributed by atoms with E-state index in [-0.39, 0.29) is 19.0 Å². The van der Waals surface area contributed by atoms with Crippen LogP contribution in [0.2, 0.25) is 0 Å². The minimum atomic E-state index is -0.547. The lowest BCUT2D eigenvalue weighted by molar-refractivity contribution is 0.0265. The number of carbonyl (C=O) groups excluding carboxylic acids is 3. The number of ketones is 1. The molecule has 0 aliphatic heterocycles. The van der Waals surface area contributed by atoms with Gasteiger partial charge in [0.25, 0.3) is 0 Å². The van der Waals surface area contributed by atoms with E-state index >= 15 is 0 Å². The first-order valence-corrected chi connectivity index (χ1v) is 8.74. The number of benzene rings is 3. The molecule has 0 fully saturated rings. The van der Waals surface area contributed by atoms with E-state index in [1.807, 2.05) is 6.07 Å². The van der Waals surface area contributed by atoms with Crippen LogP contribution in [0.4, 0.5) is 0 Å². The summed E-state index contributed by atoms with van der Waals surface area (Å²) in [6.07, 6.45) is 0. The van der Waals surface area contributed by atoms with Crippen molar-refractivity contribution in [3.05, 3.63) is 107 Å². The first-order valence-electron chi connectivity index (χ1n) is 8.74. The van der Waals surface area contributed by atoms with Gasteiger partial charge in [0, 0.05) is 11.1 Å². The van der Waals surface area contributed by atoms with Gasteiger partial charge in [0.15, 0.2) is 5.78 Å². The minimum absolute atomic E-state index is 0.0377. The van der Waals surface area contributed by atoms with Gasteiger partial charge in [0.2, 0.25) is 0 Å². The molecule has 0 bridgehead atoms. The number of rotatable bonds is 7. The molecular formula is C23H18O5. The van der Waals surface area contributed by atoms with Crippen molar-refractivity contribution in [1.82, 2.24) is 0 Å². The van der Waals surface area contributed by atoms with Gasteiger partial charge in [0.05, 0.1) is 11.1 Å². The molecular weight excluding hydrogens is 356 g/mol. The predicted molar refractivity (Wildman–Crippen MR) is 103 cm³/mol. The average molecular weight is 374 g/mol. The Morgan fingerprint density at radius 1 is 0.500 bits per heavy atom. The van der Waals surface area contributed by atoms with Gasteiger partial charge in [0.1, 0.15) is 13.2 Å². The van der Waals surface area contributed by atoms with Gasteiger partial charge in [-0.25, -0.2) is 9.59 Å². The van der Waals surface area contributed by atoms with Crippen molar-refractivity contribution in [2.24, 2.45) is 0 Å². The zero-order chi connectivity index (χ0) is 19.8. The summed E-state index contributed by atoms with van der Waals surface area (Å²) in [5, 5.41) is 0. The molecule has 28 heavy (non-hydrogen) atoms. The van der Waals surface area contributed by atoms with E-state index in [1.165, 1.54) is 12.1 Å². The quantitative estimate of drug-likeness (QED) is 0.356. The second-order valence-corrected chi connectivity index (χ2v) is 5.91. The lowest BCUT2D eigenvalue weighted by Gasteiger charge is -2.07. The number of hydrogen-bond donors (Lipinski definition) is 0. The number of hydrogen-bond acceptors (Lipinski definition) is 5. The van der Waals surface area contributed by atoms with Crippen LogP contribution >= 0.6 is 0 Å². The Labute approximate surface area is 162 Å². The van der Waals surface area contributed by atoms with Crippen LogP contribution in [-0.4, -0.2) is 30.9 Å². The molecule has 5 nitrogen and oxygen atoms in total. The van der Waals surface area contributed by atoms with Crippen LogP contribution in [0.5, 0.6) is 0 Å². The molecule has 0 aromatic heterocycles. The molecule has 0 saturated heterocycles. The first-order chi connectivity index (χ1) is 13.6. The van der Waals surface area contributed by atoms with Crippen molar-refractivity contribution in [3.8, 4) is 0 Å². The Hall–Kier alpha value is -3.73. The molecule has 3 aromatic carbocycles. The number of esters is 2. The van der Waals surface area contributed by atoms with Gasteiger partial charge in [-0.15, -0.1) is 0 Å². The van der Waals surface area contributed by atoms with Crippen LogP contribution in [0.1, 0.15) is 36.6 Å². The van der Waals surface area contributed by atoms with E-state index in [1.54, 1.807) is 66.7 Å². The molecule has 3 aromatic rings.